The van der Waals surface area contributed by atoms with Gasteiger partial charge in [0.2, 0.25) is 0 Å². The molecule has 29 nitrogen and oxygen atoms in total. The summed E-state index contributed by atoms with van der Waals surface area (Å²) in [5.41, 5.74) is 12.4. The average Bonchev–Trinajstić information content (AvgIpc) is 0.872. The van der Waals surface area contributed by atoms with Gasteiger partial charge >= 0.3 is 24.4 Å². The molecule has 6 N–H and O–H groups in total. The van der Waals surface area contributed by atoms with E-state index in [1.807, 2.05) is 89.2 Å². The largest absolute Gasteiger partial charge is 0.444 e. The first-order valence-electron chi connectivity index (χ1n) is 33.4. The van der Waals surface area contributed by atoms with Gasteiger partial charge in [-0.25, -0.2) is 19.2 Å². The number of carbonyl (C=O) groups is 6. The van der Waals surface area contributed by atoms with Gasteiger partial charge in [0.1, 0.15) is 51.9 Å². The van der Waals surface area contributed by atoms with Crippen LogP contribution in [0.1, 0.15) is 153 Å². The van der Waals surface area contributed by atoms with Crippen LogP contribution in [0.15, 0.2) is 35.4 Å². The summed E-state index contributed by atoms with van der Waals surface area (Å²) in [6.45, 7) is 28.7. The van der Waals surface area contributed by atoms with Crippen molar-refractivity contribution in [1.82, 2.24) is 24.5 Å². The highest BCUT2D eigenvalue weighted by atomic mass is 16.6. The minimum absolute atomic E-state index is 0.0488. The smallest absolute Gasteiger partial charge is 0.410 e. The zero-order valence-electron chi connectivity index (χ0n) is 57.7. The summed E-state index contributed by atoms with van der Waals surface area (Å²) in [7, 11) is 0. The van der Waals surface area contributed by atoms with E-state index in [-0.39, 0.29) is 116 Å². The maximum absolute atomic E-state index is 12.2. The lowest BCUT2D eigenvalue weighted by molar-refractivity contribution is -0.137. The number of fused-ring (bicyclic) bond motifs is 10. The van der Waals surface area contributed by atoms with Crippen LogP contribution < -0.4 is 5.73 Å². The number of nitrogens with two attached hydrogens (primary N) is 1. The van der Waals surface area contributed by atoms with Crippen molar-refractivity contribution < 1.29 is 96.6 Å². The van der Waals surface area contributed by atoms with E-state index >= 15 is 0 Å². The van der Waals surface area contributed by atoms with Crippen molar-refractivity contribution in [3.8, 4) is 0 Å². The van der Waals surface area contributed by atoms with Gasteiger partial charge in [0, 0.05) is 68.1 Å². The fourth-order valence-corrected chi connectivity index (χ4v) is 13.5. The van der Waals surface area contributed by atoms with Crippen molar-refractivity contribution in [2.24, 2.45) is 10.8 Å². The zero-order valence-corrected chi connectivity index (χ0v) is 57.7. The summed E-state index contributed by atoms with van der Waals surface area (Å²) in [5, 5.41) is 40.7. The van der Waals surface area contributed by atoms with Crippen LogP contribution in [0.5, 0.6) is 0 Å². The molecule has 11 aliphatic rings. The van der Waals surface area contributed by atoms with E-state index in [0.29, 0.717) is 136 Å². The number of amides is 4. The van der Waals surface area contributed by atoms with Gasteiger partial charge < -0.3 is 73.5 Å². The molecule has 10 bridgehead atoms. The Morgan fingerprint density at radius 2 is 0.789 bits per heavy atom. The summed E-state index contributed by atoms with van der Waals surface area (Å²) < 4.78 is 53.6. The van der Waals surface area contributed by atoms with E-state index in [1.54, 1.807) is 19.6 Å². The highest BCUT2D eigenvalue weighted by Gasteiger charge is 2.49. The van der Waals surface area contributed by atoms with Crippen molar-refractivity contribution >= 4 is 35.9 Å². The van der Waals surface area contributed by atoms with E-state index < -0.39 is 40.3 Å². The van der Waals surface area contributed by atoms with Crippen LogP contribution in [0, 0.1) is 0 Å². The minimum atomic E-state index is -1.21. The fraction of sp³-hybridized carbons (Fsp3) is 0.818. The first kappa shape index (κ1) is 76.8. The van der Waals surface area contributed by atoms with E-state index in [9.17, 15) is 39.0 Å². The number of ether oxygens (including phenoxy) is 10. The molecule has 4 amide bonds. The Labute approximate surface area is 558 Å². The second kappa shape index (κ2) is 33.3. The number of piperidine rings is 5. The highest BCUT2D eigenvalue weighted by molar-refractivity contribution is 5.83. The van der Waals surface area contributed by atoms with E-state index in [2.05, 4.69) is 43.9 Å². The van der Waals surface area contributed by atoms with Gasteiger partial charge in [0.25, 0.3) is 0 Å². The summed E-state index contributed by atoms with van der Waals surface area (Å²) in [4.78, 5) is 83.9. The molecule has 1 aromatic rings. The lowest BCUT2D eigenvalue weighted by Crippen LogP contribution is -2.66. The van der Waals surface area contributed by atoms with Crippen molar-refractivity contribution in [3.63, 3.8) is 0 Å². The number of aliphatic hydroxyl groups is 4. The van der Waals surface area contributed by atoms with E-state index in [4.69, 9.17) is 64.1 Å². The molecule has 11 saturated heterocycles. The van der Waals surface area contributed by atoms with Gasteiger partial charge in [-0.2, -0.15) is 0 Å². The number of nitrogens with zero attached hydrogens (tertiary/aromatic N) is 8. The second-order valence-corrected chi connectivity index (χ2v) is 30.5. The van der Waals surface area contributed by atoms with Crippen LogP contribution in [0.2, 0.25) is 0 Å². The number of Topliss-reactive ketones (excluding diaryl/α,β-unsaturated/α-hetero) is 2. The molecule has 12 atom stereocenters. The molecule has 1 aromatic carbocycles. The normalized spacial score (nSPS) is 32.5. The average molecular weight is 1350 g/mol. The summed E-state index contributed by atoms with van der Waals surface area (Å²) >= 11 is 0. The van der Waals surface area contributed by atoms with Gasteiger partial charge in [-0.15, -0.1) is 0 Å². The lowest BCUT2D eigenvalue weighted by atomic mass is 9.88. The Morgan fingerprint density at radius 1 is 0.495 bits per heavy atom. The number of hydrogen-bond donors (Lipinski definition) is 5. The lowest BCUT2D eigenvalue weighted by Gasteiger charge is -2.50. The Kier molecular flexibility index (Phi) is 27.0. The molecule has 95 heavy (non-hydrogen) atoms. The molecule has 0 aliphatic carbocycles. The molecule has 0 spiro atoms. The van der Waals surface area contributed by atoms with Crippen LogP contribution in [0.4, 0.5) is 19.2 Å². The van der Waals surface area contributed by atoms with Crippen molar-refractivity contribution in [2.75, 3.05) is 79.3 Å². The topological polar surface area (TPSA) is 367 Å². The predicted octanol–water partition coefficient (Wildman–Crippen LogP) is 5.75. The van der Waals surface area contributed by atoms with E-state index in [0.717, 1.165) is 6.54 Å². The molecule has 12 rings (SSSR count). The van der Waals surface area contributed by atoms with Gasteiger partial charge in [0.15, 0.2) is 0 Å². The third-order valence-electron chi connectivity index (χ3n) is 17.3. The van der Waals surface area contributed by atoms with Crippen LogP contribution in [0.25, 0.3) is 10.4 Å². The predicted molar refractivity (Wildman–Crippen MR) is 343 cm³/mol. The van der Waals surface area contributed by atoms with Gasteiger partial charge in [-0.3, -0.25) is 34.1 Å². The standard InChI is InChI=1S/C14H17NO2.C12H20N4O3.C12H22N2O4.C12H21NO4.C12H19NO4.C4H8O3/c16-14-6-12-9-17-10-13(7-14)15(12)8-11-4-2-1-3-5-11;1-12(2,3)19-11(17)16-9-4-8(14-15-13)5-10(16)7-18-6-9;1-11(2,3)18-10(15)14-8-4-12(13,16)5-9(14)7-17-6-8;2*1-12(2,3)17-11(15)13-8-4-10(14)5-9(13)7-16-6-8;5-3-1-7-2-4(3)6/h1-5,12-13H,6-10H2;8-10H,4-7H2,1-3H3;8-9,16H,4-7,13H2,1-3H3;8-10,14H,4-7H2,1-3H3;8-9H,4-7H2,1-3H3;3-6H,1-2H2/t;;;;;3-,4+. The number of aliphatic hydroxyl groups excluding tert-OH is 3. The van der Waals surface area contributed by atoms with Gasteiger partial charge in [-0.05, 0) is 120 Å². The molecule has 10 unspecified atom stereocenters. The van der Waals surface area contributed by atoms with Crippen molar-refractivity contribution in [3.05, 3.63) is 46.3 Å². The Hall–Kier alpha value is -5.53. The van der Waals surface area contributed by atoms with Gasteiger partial charge in [-0.1, -0.05) is 35.4 Å². The molecule has 536 valence electrons. The van der Waals surface area contributed by atoms with Crippen LogP contribution in [0.3, 0.4) is 0 Å². The Bertz CT molecular complexity index is 2670. The number of hydrogen-bond acceptors (Lipinski definition) is 23. The number of benzene rings is 1. The third kappa shape index (κ3) is 23.6. The number of morpholine rings is 5. The Morgan fingerprint density at radius 3 is 1.13 bits per heavy atom. The molecule has 11 heterocycles. The molecule has 0 radical (unpaired) electrons. The first-order valence-corrected chi connectivity index (χ1v) is 33.4. The molecule has 11 aliphatic heterocycles. The maximum atomic E-state index is 12.2. The zero-order chi connectivity index (χ0) is 69.8. The van der Waals surface area contributed by atoms with Crippen molar-refractivity contribution in [2.45, 2.75) is 267 Å². The molecule has 11 fully saturated rings. The Balaban J connectivity index is 0.000000163. The highest BCUT2D eigenvalue weighted by Crippen LogP contribution is 2.35. The number of rotatable bonds is 3. The second-order valence-electron chi connectivity index (χ2n) is 30.5. The van der Waals surface area contributed by atoms with Crippen LogP contribution >= 0.6 is 0 Å². The molecule has 29 heteroatoms. The third-order valence-corrected chi connectivity index (χ3v) is 17.3. The number of azide groups is 1. The minimum Gasteiger partial charge on any atom is -0.444 e. The van der Waals surface area contributed by atoms with E-state index in [1.165, 1.54) is 5.56 Å². The molecule has 0 aromatic heterocycles. The summed E-state index contributed by atoms with van der Waals surface area (Å²) in [6.07, 6.45) is 2.26. The number of ketones is 2. The van der Waals surface area contributed by atoms with Crippen molar-refractivity contribution in [1.29, 1.82) is 0 Å². The summed E-state index contributed by atoms with van der Waals surface area (Å²) in [6, 6.07) is 10.1. The SMILES string of the molecule is CC(C)(C)OC(=O)N1C2COCC1CC(=O)C2.CC(C)(C)OC(=O)N1C2COCC1CC(N)(O)C2.CC(C)(C)OC(=O)N1C2COCC1CC(N=[N+]=[N-])C2.CC(C)(C)OC(=O)N1C2COCC1CC(O)C2.O=C1CC2COCC(C1)N2Cc1ccccc1.O[C@@H]1COC[C@@H]1O. The first-order chi connectivity index (χ1) is 44.4. The monoisotopic (exact) mass is 1350 g/mol. The quantitative estimate of drug-likeness (QED) is 0.0790. The summed E-state index contributed by atoms with van der Waals surface area (Å²) in [5.74, 6) is 0.607. The van der Waals surface area contributed by atoms with Gasteiger partial charge in [0.05, 0.1) is 134 Å². The molecule has 0 saturated carbocycles. The maximum Gasteiger partial charge on any atom is 0.410 e. The van der Waals surface area contributed by atoms with Crippen LogP contribution in [-0.4, -0.2) is 273 Å². The number of carbonyl (C=O) groups excluding carboxylic acids is 6. The molecular formula is C66H107N9O20. The fourth-order valence-electron chi connectivity index (χ4n) is 13.5. The molecular weight excluding hydrogens is 1240 g/mol. The van der Waals surface area contributed by atoms with Crippen LogP contribution in [-0.2, 0) is 63.5 Å².